The molecule has 32 heavy (non-hydrogen) atoms. The van der Waals surface area contributed by atoms with Crippen LogP contribution in [0.1, 0.15) is 32.3 Å². The Morgan fingerprint density at radius 3 is 2.72 bits per heavy atom. The van der Waals surface area contributed by atoms with Crippen molar-refractivity contribution in [3.8, 4) is 17.1 Å². The third-order valence-corrected chi connectivity index (χ3v) is 6.12. The third-order valence-electron chi connectivity index (χ3n) is 6.12. The molecule has 4 rings (SSSR count). The number of nitrogens with zero attached hydrogens (tertiary/aromatic N) is 4. The molecule has 3 aromatic rings. The summed E-state index contributed by atoms with van der Waals surface area (Å²) in [6.45, 7) is 7.95. The molecule has 1 aliphatic rings. The summed E-state index contributed by atoms with van der Waals surface area (Å²) in [4.78, 5) is 25.1. The summed E-state index contributed by atoms with van der Waals surface area (Å²) < 4.78 is 0. The zero-order valence-electron chi connectivity index (χ0n) is 18.8. The van der Waals surface area contributed by atoms with E-state index in [4.69, 9.17) is 9.97 Å². The van der Waals surface area contributed by atoms with E-state index in [-0.39, 0.29) is 17.7 Å². The Morgan fingerprint density at radius 1 is 1.22 bits per heavy atom. The van der Waals surface area contributed by atoms with Crippen LogP contribution < -0.4 is 4.90 Å². The number of carbonyl (C=O) groups is 1. The summed E-state index contributed by atoms with van der Waals surface area (Å²) in [6.07, 6.45) is 1.09. The molecule has 0 radical (unpaired) electrons. The fourth-order valence-corrected chi connectivity index (χ4v) is 4.44. The van der Waals surface area contributed by atoms with E-state index < -0.39 is 6.09 Å². The minimum absolute atomic E-state index is 0.0570. The van der Waals surface area contributed by atoms with Gasteiger partial charge in [0.05, 0.1) is 11.1 Å². The van der Waals surface area contributed by atoms with Gasteiger partial charge in [-0.05, 0) is 69.4 Å². The van der Waals surface area contributed by atoms with Gasteiger partial charge < -0.3 is 20.0 Å². The Hall–Kier alpha value is -3.35. The van der Waals surface area contributed by atoms with Crippen LogP contribution in [0, 0.1) is 12.8 Å². The summed E-state index contributed by atoms with van der Waals surface area (Å²) in [5.41, 5.74) is 2.54. The molecule has 0 aliphatic carbocycles. The Bertz CT molecular complexity index is 1130. The van der Waals surface area contributed by atoms with Crippen molar-refractivity contribution in [1.29, 1.82) is 0 Å². The van der Waals surface area contributed by atoms with Gasteiger partial charge in [0.2, 0.25) is 0 Å². The number of benzene rings is 2. The van der Waals surface area contributed by atoms with Crippen molar-refractivity contribution in [1.82, 2.24) is 14.9 Å². The molecule has 2 heterocycles. The number of hydrogen-bond donors (Lipinski definition) is 2. The lowest BCUT2D eigenvalue weighted by molar-refractivity contribution is 0.119. The van der Waals surface area contributed by atoms with Gasteiger partial charge in [-0.1, -0.05) is 18.2 Å². The van der Waals surface area contributed by atoms with Crippen LogP contribution in [0.4, 0.5) is 10.6 Å². The molecule has 1 aliphatic heterocycles. The van der Waals surface area contributed by atoms with E-state index in [1.54, 1.807) is 12.1 Å². The Morgan fingerprint density at radius 2 is 2.00 bits per heavy atom. The van der Waals surface area contributed by atoms with Crippen LogP contribution in [0.5, 0.6) is 5.75 Å². The number of anilines is 1. The summed E-state index contributed by atoms with van der Waals surface area (Å²) in [6, 6.07) is 13.2. The molecule has 0 unspecified atom stereocenters. The number of carboxylic acid groups (broad SMARTS) is 1. The van der Waals surface area contributed by atoms with Crippen LogP contribution >= 0.6 is 0 Å². The number of aromatic nitrogens is 2. The maximum absolute atomic E-state index is 11.7. The van der Waals surface area contributed by atoms with Crippen LogP contribution in [-0.2, 0) is 0 Å². The highest BCUT2D eigenvalue weighted by Crippen LogP contribution is 2.33. The average molecular weight is 435 g/mol. The van der Waals surface area contributed by atoms with Gasteiger partial charge in [0.15, 0.2) is 5.82 Å². The van der Waals surface area contributed by atoms with E-state index in [0.29, 0.717) is 17.9 Å². The third kappa shape index (κ3) is 4.47. The molecule has 2 aromatic carbocycles. The molecule has 1 amide bonds. The molecule has 0 spiro atoms. The second kappa shape index (κ2) is 9.02. The number of aromatic hydroxyl groups is 1. The number of para-hydroxylation sites is 1. The predicted molar refractivity (Wildman–Crippen MR) is 126 cm³/mol. The van der Waals surface area contributed by atoms with E-state index in [9.17, 15) is 15.0 Å². The van der Waals surface area contributed by atoms with E-state index in [1.165, 1.54) is 4.90 Å². The van der Waals surface area contributed by atoms with Gasteiger partial charge in [0.25, 0.3) is 0 Å². The molecular formula is C25H30N4O3. The van der Waals surface area contributed by atoms with Gasteiger partial charge in [0, 0.05) is 31.1 Å². The second-order valence-electron chi connectivity index (χ2n) is 8.89. The first-order valence-electron chi connectivity index (χ1n) is 11.1. The highest BCUT2D eigenvalue weighted by atomic mass is 16.4. The smallest absolute Gasteiger partial charge is 0.407 e. The van der Waals surface area contributed by atoms with Gasteiger partial charge in [-0.2, -0.15) is 0 Å². The largest absolute Gasteiger partial charge is 0.507 e. The van der Waals surface area contributed by atoms with Gasteiger partial charge in [-0.3, -0.25) is 0 Å². The van der Waals surface area contributed by atoms with Gasteiger partial charge in [-0.15, -0.1) is 0 Å². The molecule has 0 saturated carbocycles. The molecule has 1 saturated heterocycles. The number of rotatable bonds is 5. The van der Waals surface area contributed by atoms with Crippen molar-refractivity contribution in [2.24, 2.45) is 5.92 Å². The van der Waals surface area contributed by atoms with Crippen LogP contribution in [0.15, 0.2) is 42.5 Å². The minimum atomic E-state index is -0.873. The molecule has 2 N–H and O–H groups in total. The first-order chi connectivity index (χ1) is 15.3. The quantitative estimate of drug-likeness (QED) is 0.593. The van der Waals surface area contributed by atoms with Gasteiger partial charge >= 0.3 is 6.09 Å². The van der Waals surface area contributed by atoms with E-state index in [1.807, 2.05) is 39.0 Å². The van der Waals surface area contributed by atoms with Crippen molar-refractivity contribution in [2.45, 2.75) is 39.7 Å². The highest BCUT2D eigenvalue weighted by Gasteiger charge is 2.27. The summed E-state index contributed by atoms with van der Waals surface area (Å²) in [7, 11) is 0. The van der Waals surface area contributed by atoms with Crippen molar-refractivity contribution in [2.75, 3.05) is 24.5 Å². The van der Waals surface area contributed by atoms with Crippen LogP contribution in [0.3, 0.4) is 0 Å². The minimum Gasteiger partial charge on any atom is -0.507 e. The molecule has 168 valence electrons. The zero-order valence-corrected chi connectivity index (χ0v) is 18.8. The summed E-state index contributed by atoms with van der Waals surface area (Å²) in [5.74, 6) is 1.71. The topological polar surface area (TPSA) is 89.8 Å². The molecule has 1 aromatic heterocycles. The lowest BCUT2D eigenvalue weighted by atomic mass is 9.96. The van der Waals surface area contributed by atoms with Crippen molar-refractivity contribution < 1.29 is 15.0 Å². The lowest BCUT2D eigenvalue weighted by Crippen LogP contribution is -2.45. The van der Waals surface area contributed by atoms with E-state index >= 15 is 0 Å². The first-order valence-corrected chi connectivity index (χ1v) is 11.1. The molecule has 7 heteroatoms. The van der Waals surface area contributed by atoms with Crippen LogP contribution in [0.25, 0.3) is 22.3 Å². The van der Waals surface area contributed by atoms with Gasteiger partial charge in [0.1, 0.15) is 11.6 Å². The number of hydrogen-bond acceptors (Lipinski definition) is 5. The fraction of sp³-hybridized carbons (Fsp3) is 0.400. The molecule has 1 fully saturated rings. The highest BCUT2D eigenvalue weighted by molar-refractivity contribution is 5.92. The number of fused-ring (bicyclic) bond motifs is 1. The van der Waals surface area contributed by atoms with Crippen molar-refractivity contribution >= 4 is 22.8 Å². The second-order valence-corrected chi connectivity index (χ2v) is 8.89. The predicted octanol–water partition coefficient (Wildman–Crippen LogP) is 4.92. The molecule has 7 nitrogen and oxygen atoms in total. The normalized spacial score (nSPS) is 16.5. The number of amides is 1. The molecule has 1 atom stereocenters. The van der Waals surface area contributed by atoms with E-state index in [2.05, 4.69) is 17.0 Å². The van der Waals surface area contributed by atoms with Crippen LogP contribution in [-0.4, -0.2) is 56.9 Å². The number of phenols is 1. The Kier molecular flexibility index (Phi) is 6.17. The van der Waals surface area contributed by atoms with Gasteiger partial charge in [-0.25, -0.2) is 14.8 Å². The van der Waals surface area contributed by atoms with Crippen molar-refractivity contribution in [3.05, 3.63) is 48.0 Å². The Labute approximate surface area is 188 Å². The number of aryl methyl sites for hydroxylation is 1. The summed E-state index contributed by atoms with van der Waals surface area (Å²) in [5, 5.41) is 20.9. The maximum atomic E-state index is 11.7. The zero-order chi connectivity index (χ0) is 22.8. The SMILES string of the molecule is Cc1ccc2c(N3CCC[C@H](CN(C(=O)O)C(C)C)C3)nc(-c3ccccc3O)nc2c1. The van der Waals surface area contributed by atoms with Crippen molar-refractivity contribution in [3.63, 3.8) is 0 Å². The standard InChI is InChI=1S/C25H30N4O3/c1-16(2)29(25(31)32)15-18-7-6-12-28(14-18)24-19-11-10-17(3)13-21(19)26-23(27-24)20-8-4-5-9-22(20)30/h4-5,8-11,13,16,18,30H,6-7,12,14-15H2,1-3H3,(H,31,32)/t18-/m0/s1. The average Bonchev–Trinajstić information content (AvgIpc) is 2.76. The molecular weight excluding hydrogens is 404 g/mol. The summed E-state index contributed by atoms with van der Waals surface area (Å²) >= 11 is 0. The molecule has 0 bridgehead atoms. The lowest BCUT2D eigenvalue weighted by Gasteiger charge is -2.37. The van der Waals surface area contributed by atoms with E-state index in [0.717, 1.165) is 48.2 Å². The fourth-order valence-electron chi connectivity index (χ4n) is 4.44. The first kappa shape index (κ1) is 21.9. The Balaban J connectivity index is 1.72. The monoisotopic (exact) mass is 434 g/mol. The number of piperidine rings is 1. The van der Waals surface area contributed by atoms with Crippen LogP contribution in [0.2, 0.25) is 0 Å². The number of phenolic OH excluding ortho intramolecular Hbond substituents is 1. The maximum Gasteiger partial charge on any atom is 0.407 e.